The Kier molecular flexibility index (Phi) is 7.78. The maximum absolute atomic E-state index is 12.3. The molecule has 22 heavy (non-hydrogen) atoms. The quantitative estimate of drug-likeness (QED) is 0.564. The monoisotopic (exact) mass is 315 g/mol. The predicted molar refractivity (Wildman–Crippen MR) is 83.6 cm³/mol. The van der Waals surface area contributed by atoms with Crippen molar-refractivity contribution in [1.82, 2.24) is 15.1 Å². The van der Waals surface area contributed by atoms with Crippen LogP contribution in [0.4, 0.5) is 0 Å². The van der Waals surface area contributed by atoms with Gasteiger partial charge in [-0.2, -0.15) is 0 Å². The van der Waals surface area contributed by atoms with Crippen LogP contribution in [0, 0.1) is 5.92 Å². The van der Waals surface area contributed by atoms with Crippen molar-refractivity contribution in [3.63, 3.8) is 0 Å². The third-order valence-corrected chi connectivity index (χ3v) is 4.53. The molecule has 1 amide bonds. The second-order valence-corrected chi connectivity index (χ2v) is 5.99. The van der Waals surface area contributed by atoms with Crippen LogP contribution in [0.1, 0.15) is 27.2 Å². The van der Waals surface area contributed by atoms with Crippen molar-refractivity contribution < 1.29 is 19.8 Å². The lowest BCUT2D eigenvalue weighted by Crippen LogP contribution is -2.56. The molecule has 3 N–H and O–H groups in total. The molecule has 0 spiro atoms. The van der Waals surface area contributed by atoms with Gasteiger partial charge in [0.1, 0.15) is 6.04 Å². The number of hydrogen-bond donors (Lipinski definition) is 3. The first-order valence-electron chi connectivity index (χ1n) is 8.01. The van der Waals surface area contributed by atoms with Crippen molar-refractivity contribution >= 4 is 11.9 Å². The van der Waals surface area contributed by atoms with Crippen LogP contribution in [0.15, 0.2) is 0 Å². The summed E-state index contributed by atoms with van der Waals surface area (Å²) in [7, 11) is 0. The molecule has 3 unspecified atom stereocenters. The van der Waals surface area contributed by atoms with Gasteiger partial charge in [0.05, 0.1) is 12.6 Å². The molecule has 1 aliphatic rings. The molecule has 1 aliphatic heterocycles. The Labute approximate surface area is 132 Å². The van der Waals surface area contributed by atoms with Gasteiger partial charge >= 0.3 is 5.97 Å². The van der Waals surface area contributed by atoms with E-state index in [2.05, 4.69) is 15.1 Å². The largest absolute Gasteiger partial charge is 0.480 e. The lowest BCUT2D eigenvalue weighted by Gasteiger charge is -2.37. The van der Waals surface area contributed by atoms with Gasteiger partial charge in [-0.3, -0.25) is 14.6 Å². The summed E-state index contributed by atoms with van der Waals surface area (Å²) in [5.74, 6) is -1.32. The van der Waals surface area contributed by atoms with Gasteiger partial charge in [0.2, 0.25) is 5.91 Å². The van der Waals surface area contributed by atoms with Crippen molar-refractivity contribution in [1.29, 1.82) is 0 Å². The number of carboxylic acids is 1. The predicted octanol–water partition coefficient (Wildman–Crippen LogP) is -0.400. The molecule has 0 aliphatic carbocycles. The van der Waals surface area contributed by atoms with Crippen LogP contribution in [0.5, 0.6) is 0 Å². The molecular formula is C15H29N3O4. The van der Waals surface area contributed by atoms with Gasteiger partial charge in [0.15, 0.2) is 0 Å². The minimum Gasteiger partial charge on any atom is -0.480 e. The normalized spacial score (nSPS) is 21.1. The maximum atomic E-state index is 12.3. The van der Waals surface area contributed by atoms with Crippen LogP contribution in [-0.2, 0) is 9.59 Å². The Morgan fingerprint density at radius 1 is 1.18 bits per heavy atom. The first-order valence-corrected chi connectivity index (χ1v) is 8.01. The molecule has 1 heterocycles. The summed E-state index contributed by atoms with van der Waals surface area (Å²) in [4.78, 5) is 27.8. The van der Waals surface area contributed by atoms with Gasteiger partial charge in [-0.1, -0.05) is 20.3 Å². The molecule has 0 aromatic heterocycles. The minimum atomic E-state index is -0.984. The van der Waals surface area contributed by atoms with Crippen LogP contribution in [0.3, 0.4) is 0 Å². The Bertz CT molecular complexity index is 370. The molecule has 0 radical (unpaired) electrons. The lowest BCUT2D eigenvalue weighted by molar-refractivity contribution is -0.144. The van der Waals surface area contributed by atoms with E-state index in [4.69, 9.17) is 5.11 Å². The van der Waals surface area contributed by atoms with Crippen LogP contribution >= 0.6 is 0 Å². The number of aliphatic hydroxyl groups is 1. The van der Waals surface area contributed by atoms with E-state index in [-0.39, 0.29) is 24.5 Å². The number of aliphatic carboxylic acids is 1. The summed E-state index contributed by atoms with van der Waals surface area (Å²) >= 11 is 0. The smallest absolute Gasteiger partial charge is 0.326 e. The molecule has 1 saturated heterocycles. The zero-order chi connectivity index (χ0) is 16.7. The number of carbonyl (C=O) groups is 2. The highest BCUT2D eigenvalue weighted by molar-refractivity contribution is 5.86. The van der Waals surface area contributed by atoms with Gasteiger partial charge in [0, 0.05) is 32.7 Å². The minimum absolute atomic E-state index is 0.102. The summed E-state index contributed by atoms with van der Waals surface area (Å²) in [6, 6.07) is -1.18. The van der Waals surface area contributed by atoms with E-state index < -0.39 is 12.0 Å². The summed E-state index contributed by atoms with van der Waals surface area (Å²) in [5, 5.41) is 20.9. The Morgan fingerprint density at radius 2 is 1.77 bits per heavy atom. The summed E-state index contributed by atoms with van der Waals surface area (Å²) < 4.78 is 0. The molecule has 0 aromatic rings. The van der Waals surface area contributed by atoms with Crippen LogP contribution in [0.25, 0.3) is 0 Å². The third-order valence-electron chi connectivity index (χ3n) is 4.53. The van der Waals surface area contributed by atoms with Crippen LogP contribution < -0.4 is 5.32 Å². The number of carboxylic acid groups (broad SMARTS) is 1. The van der Waals surface area contributed by atoms with Crippen LogP contribution in [0.2, 0.25) is 0 Å². The molecule has 1 fully saturated rings. The third kappa shape index (κ3) is 5.23. The van der Waals surface area contributed by atoms with Crippen molar-refractivity contribution in [2.45, 2.75) is 39.3 Å². The number of piperazine rings is 1. The molecule has 3 atom stereocenters. The number of carbonyl (C=O) groups excluding carboxylic acids is 1. The fourth-order valence-corrected chi connectivity index (χ4v) is 2.64. The number of amides is 1. The summed E-state index contributed by atoms with van der Waals surface area (Å²) in [5.41, 5.74) is 0. The molecule has 7 heteroatoms. The number of nitrogens with zero attached hydrogens (tertiary/aromatic N) is 2. The average molecular weight is 315 g/mol. The second-order valence-electron chi connectivity index (χ2n) is 5.99. The number of aliphatic hydroxyl groups excluding tert-OH is 1. The number of nitrogens with one attached hydrogen (secondary N) is 1. The van der Waals surface area contributed by atoms with E-state index >= 15 is 0 Å². The molecule has 0 bridgehead atoms. The zero-order valence-corrected chi connectivity index (χ0v) is 13.8. The first kappa shape index (κ1) is 18.9. The molecule has 7 nitrogen and oxygen atoms in total. The van der Waals surface area contributed by atoms with Crippen molar-refractivity contribution in [2.75, 3.05) is 39.3 Å². The Balaban J connectivity index is 2.52. The van der Waals surface area contributed by atoms with Gasteiger partial charge in [0.25, 0.3) is 0 Å². The second kappa shape index (κ2) is 9.07. The van der Waals surface area contributed by atoms with Gasteiger partial charge in [-0.05, 0) is 12.8 Å². The SMILES string of the molecule is CCC(C)C(NC(=O)C(C)N1CCN(CCO)CC1)C(=O)O. The van der Waals surface area contributed by atoms with Gasteiger partial charge in [-0.25, -0.2) is 4.79 Å². The van der Waals surface area contributed by atoms with Gasteiger partial charge in [-0.15, -0.1) is 0 Å². The van der Waals surface area contributed by atoms with Crippen molar-refractivity contribution in [3.05, 3.63) is 0 Å². The number of hydrogen-bond acceptors (Lipinski definition) is 5. The fourth-order valence-electron chi connectivity index (χ4n) is 2.64. The van der Waals surface area contributed by atoms with E-state index in [0.29, 0.717) is 13.0 Å². The summed E-state index contributed by atoms with van der Waals surface area (Å²) in [6.07, 6.45) is 0.700. The lowest BCUT2D eigenvalue weighted by atomic mass is 9.99. The highest BCUT2D eigenvalue weighted by Gasteiger charge is 2.30. The molecule has 128 valence electrons. The van der Waals surface area contributed by atoms with Crippen LogP contribution in [-0.4, -0.2) is 83.3 Å². The number of β-amino-alcohol motifs (C(OH)–C–C–N with tert-alkyl or cyclic N) is 1. The fraction of sp³-hybridized carbons (Fsp3) is 0.867. The first-order chi connectivity index (χ1) is 10.4. The molecule has 0 aromatic carbocycles. The van der Waals surface area contributed by atoms with E-state index in [1.54, 1.807) is 0 Å². The van der Waals surface area contributed by atoms with Gasteiger partial charge < -0.3 is 15.5 Å². The topological polar surface area (TPSA) is 93.1 Å². The van der Waals surface area contributed by atoms with E-state index in [9.17, 15) is 14.7 Å². The van der Waals surface area contributed by atoms with E-state index in [1.807, 2.05) is 20.8 Å². The average Bonchev–Trinajstić information content (AvgIpc) is 2.51. The van der Waals surface area contributed by atoms with E-state index in [1.165, 1.54) is 0 Å². The van der Waals surface area contributed by atoms with E-state index in [0.717, 1.165) is 26.2 Å². The molecule has 0 saturated carbocycles. The Hall–Kier alpha value is -1.18. The maximum Gasteiger partial charge on any atom is 0.326 e. The highest BCUT2D eigenvalue weighted by Crippen LogP contribution is 2.10. The number of rotatable bonds is 8. The summed E-state index contributed by atoms with van der Waals surface area (Å²) in [6.45, 7) is 9.47. The Morgan fingerprint density at radius 3 is 2.23 bits per heavy atom. The highest BCUT2D eigenvalue weighted by atomic mass is 16.4. The van der Waals surface area contributed by atoms with Crippen molar-refractivity contribution in [2.24, 2.45) is 5.92 Å². The standard InChI is InChI=1S/C15H29N3O4/c1-4-11(2)13(15(21)22)16-14(20)12(3)18-7-5-17(6-8-18)9-10-19/h11-13,19H,4-10H2,1-3H3,(H,16,20)(H,21,22). The molecule has 1 rings (SSSR count). The van der Waals surface area contributed by atoms with Crippen molar-refractivity contribution in [3.8, 4) is 0 Å². The zero-order valence-electron chi connectivity index (χ0n) is 13.8. The molecular weight excluding hydrogens is 286 g/mol.